The van der Waals surface area contributed by atoms with E-state index in [1.54, 1.807) is 0 Å². The van der Waals surface area contributed by atoms with Gasteiger partial charge in [-0.3, -0.25) is 0 Å². The number of nitrogens with zero attached hydrogens (tertiary/aromatic N) is 2. The van der Waals surface area contributed by atoms with Gasteiger partial charge in [0.1, 0.15) is 18.5 Å². The number of benzene rings is 2. The van der Waals surface area contributed by atoms with Crippen LogP contribution in [0.3, 0.4) is 0 Å². The highest BCUT2D eigenvalue weighted by molar-refractivity contribution is 6.73. The molecule has 2 saturated heterocycles. The number of rotatable bonds is 19. The summed E-state index contributed by atoms with van der Waals surface area (Å²) in [5.41, 5.74) is 3.53. The molecule has 0 radical (unpaired) electrons. The number of piperidine rings is 2. The summed E-state index contributed by atoms with van der Waals surface area (Å²) in [7, 11) is -1.86. The van der Waals surface area contributed by atoms with Gasteiger partial charge in [-0.15, -0.1) is 0 Å². The second-order valence-corrected chi connectivity index (χ2v) is 22.1. The number of carbonyl (C=O) groups is 2. The standard InChI is InChI=1S/C47H72N2O6Si/c1-5-9-12-21-40(54-47(51)49-29-25-39(26-30-49)48-27-15-11-16-28-48)23-24-41-42-31-37-20-17-22-44(52-35-46(50)53-34-36-18-13-10-14-19-36)43(37)32-38(42)33-45(41)55-56(6-2,7-3)8-4/h10,13-14,17-20,22,38-42,45H,5-9,11-12,15-16,21,23-35H2,1-4H3/t38-,40-,41+,42-,45?/m0/s1. The Kier molecular flexibility index (Phi) is 16.2. The highest BCUT2D eigenvalue weighted by Gasteiger charge is 2.48. The van der Waals surface area contributed by atoms with Crippen molar-refractivity contribution in [2.75, 3.05) is 32.8 Å². The van der Waals surface area contributed by atoms with Crippen LogP contribution in [-0.2, 0) is 38.1 Å². The van der Waals surface area contributed by atoms with E-state index in [1.807, 2.05) is 41.3 Å². The molecule has 2 aromatic carbocycles. The first-order valence-electron chi connectivity index (χ1n) is 22.7. The molecular weight excluding hydrogens is 717 g/mol. The van der Waals surface area contributed by atoms with E-state index in [-0.39, 0.29) is 37.5 Å². The minimum absolute atomic E-state index is 0.0587. The van der Waals surface area contributed by atoms with Gasteiger partial charge in [-0.25, -0.2) is 9.59 Å². The van der Waals surface area contributed by atoms with E-state index < -0.39 is 8.32 Å². The van der Waals surface area contributed by atoms with Crippen LogP contribution >= 0.6 is 0 Å². The molecule has 56 heavy (non-hydrogen) atoms. The maximum atomic E-state index is 13.7. The molecule has 3 fully saturated rings. The van der Waals surface area contributed by atoms with Gasteiger partial charge in [0.05, 0.1) is 0 Å². The Morgan fingerprint density at radius 3 is 2.30 bits per heavy atom. The number of esters is 1. The zero-order valence-electron chi connectivity index (χ0n) is 35.2. The van der Waals surface area contributed by atoms with Crippen LogP contribution in [0.25, 0.3) is 0 Å². The van der Waals surface area contributed by atoms with Gasteiger partial charge in [-0.2, -0.15) is 0 Å². The monoisotopic (exact) mass is 789 g/mol. The summed E-state index contributed by atoms with van der Waals surface area (Å²) in [4.78, 5) is 31.1. The predicted octanol–water partition coefficient (Wildman–Crippen LogP) is 10.4. The van der Waals surface area contributed by atoms with Crippen molar-refractivity contribution in [2.24, 2.45) is 17.8 Å². The second-order valence-electron chi connectivity index (χ2n) is 17.4. The minimum Gasteiger partial charge on any atom is -0.482 e. The number of unbranched alkanes of at least 4 members (excludes halogenated alkanes) is 2. The average molecular weight is 789 g/mol. The average Bonchev–Trinajstić information content (AvgIpc) is 3.58. The van der Waals surface area contributed by atoms with E-state index in [0.29, 0.717) is 23.8 Å². The smallest absolute Gasteiger partial charge is 0.410 e. The molecule has 9 heteroatoms. The van der Waals surface area contributed by atoms with Gasteiger partial charge >= 0.3 is 12.1 Å². The summed E-state index contributed by atoms with van der Waals surface area (Å²) in [5, 5.41) is 0. The Hall–Kier alpha value is -2.88. The first kappa shape index (κ1) is 42.7. The quantitative estimate of drug-likeness (QED) is 0.0797. The fourth-order valence-corrected chi connectivity index (χ4v) is 13.4. The normalized spacial score (nSPS) is 23.6. The molecule has 0 spiro atoms. The third kappa shape index (κ3) is 11.2. The number of hydrogen-bond donors (Lipinski definition) is 0. The lowest BCUT2D eigenvalue weighted by atomic mass is 9.73. The van der Waals surface area contributed by atoms with Crippen molar-refractivity contribution in [3.63, 3.8) is 0 Å². The molecule has 2 aliphatic heterocycles. The maximum absolute atomic E-state index is 13.7. The van der Waals surface area contributed by atoms with Gasteiger partial charge in [0.15, 0.2) is 14.9 Å². The number of fused-ring (bicyclic) bond motifs is 2. The summed E-state index contributed by atoms with van der Waals surface area (Å²) in [6.07, 6.45) is 15.4. The third-order valence-corrected chi connectivity index (χ3v) is 18.8. The highest BCUT2D eigenvalue weighted by atomic mass is 28.4. The van der Waals surface area contributed by atoms with Crippen molar-refractivity contribution < 1.29 is 28.2 Å². The summed E-state index contributed by atoms with van der Waals surface area (Å²) >= 11 is 0. The zero-order valence-corrected chi connectivity index (χ0v) is 36.2. The van der Waals surface area contributed by atoms with Crippen LogP contribution < -0.4 is 4.74 Å². The number of hydrogen-bond acceptors (Lipinski definition) is 7. The lowest BCUT2D eigenvalue weighted by molar-refractivity contribution is -0.147. The maximum Gasteiger partial charge on any atom is 0.410 e. The lowest BCUT2D eigenvalue weighted by Crippen LogP contribution is -2.48. The van der Waals surface area contributed by atoms with E-state index in [4.69, 9.17) is 18.6 Å². The van der Waals surface area contributed by atoms with E-state index in [9.17, 15) is 9.59 Å². The Morgan fingerprint density at radius 1 is 0.839 bits per heavy atom. The fourth-order valence-electron chi connectivity index (χ4n) is 10.5. The van der Waals surface area contributed by atoms with E-state index in [2.05, 4.69) is 44.7 Å². The number of amides is 1. The minimum atomic E-state index is -1.86. The summed E-state index contributed by atoms with van der Waals surface area (Å²) < 4.78 is 25.6. The van der Waals surface area contributed by atoms with Gasteiger partial charge in [-0.1, -0.05) is 89.4 Å². The molecule has 4 aliphatic rings. The summed E-state index contributed by atoms with van der Waals surface area (Å²) in [6, 6.07) is 20.1. The number of likely N-dealkylation sites (tertiary alicyclic amines) is 2. The van der Waals surface area contributed by atoms with E-state index >= 15 is 0 Å². The summed E-state index contributed by atoms with van der Waals surface area (Å²) in [6.45, 7) is 13.4. The molecule has 8 nitrogen and oxygen atoms in total. The zero-order chi connectivity index (χ0) is 39.3. The fraction of sp³-hybridized carbons (Fsp3) is 0.702. The number of ether oxygens (including phenoxy) is 3. The third-order valence-electron chi connectivity index (χ3n) is 14.1. The highest BCUT2D eigenvalue weighted by Crippen LogP contribution is 2.50. The Labute approximate surface area is 339 Å². The molecule has 0 bridgehead atoms. The second kappa shape index (κ2) is 21.2. The van der Waals surface area contributed by atoms with Crippen LogP contribution in [0, 0.1) is 17.8 Å². The largest absolute Gasteiger partial charge is 0.482 e. The first-order chi connectivity index (χ1) is 27.3. The van der Waals surface area contributed by atoms with Crippen LogP contribution in [0.2, 0.25) is 18.1 Å². The van der Waals surface area contributed by atoms with Gasteiger partial charge in [0, 0.05) is 25.2 Å². The predicted molar refractivity (Wildman–Crippen MR) is 226 cm³/mol. The molecule has 1 unspecified atom stereocenters. The molecule has 0 aromatic heterocycles. The van der Waals surface area contributed by atoms with Gasteiger partial charge in [0.25, 0.3) is 0 Å². The van der Waals surface area contributed by atoms with Gasteiger partial charge in [0.2, 0.25) is 0 Å². The van der Waals surface area contributed by atoms with Crippen molar-refractivity contribution in [3.8, 4) is 5.75 Å². The number of carbonyl (C=O) groups excluding carboxylic acids is 2. The lowest BCUT2D eigenvalue weighted by Gasteiger charge is -2.40. The molecule has 310 valence electrons. The molecular formula is C47H72N2O6Si. The molecule has 5 atom stereocenters. The van der Waals surface area contributed by atoms with Crippen LogP contribution in [0.4, 0.5) is 4.79 Å². The van der Waals surface area contributed by atoms with Crippen LogP contribution in [-0.4, -0.2) is 81.2 Å². The molecule has 1 amide bonds. The molecule has 2 aromatic rings. The summed E-state index contributed by atoms with van der Waals surface area (Å²) in [5.74, 6) is 1.88. The van der Waals surface area contributed by atoms with Crippen molar-refractivity contribution in [1.29, 1.82) is 0 Å². The van der Waals surface area contributed by atoms with Gasteiger partial charge in [-0.05, 0) is 142 Å². The Bertz CT molecular complexity index is 1500. The van der Waals surface area contributed by atoms with Gasteiger partial charge < -0.3 is 28.4 Å². The SMILES string of the molecule is CCCCC[C@@H](CC[C@H]1C(O[Si](CC)(CC)CC)C[C@@H]2Cc3c(cccc3OCC(=O)OCc3ccccc3)C[C@@H]21)OC(=O)N1CCC(N2CCCCC2)CC1. The van der Waals surface area contributed by atoms with Crippen LogP contribution in [0.15, 0.2) is 48.5 Å². The molecule has 0 N–H and O–H groups in total. The Balaban J connectivity index is 1.11. The molecule has 2 heterocycles. The first-order valence-corrected chi connectivity index (χ1v) is 25.2. The van der Waals surface area contributed by atoms with Crippen molar-refractivity contribution in [2.45, 2.75) is 161 Å². The van der Waals surface area contributed by atoms with E-state index in [0.717, 1.165) is 107 Å². The van der Waals surface area contributed by atoms with Crippen molar-refractivity contribution in [3.05, 3.63) is 65.2 Å². The topological polar surface area (TPSA) is 77.5 Å². The molecule has 1 saturated carbocycles. The van der Waals surface area contributed by atoms with E-state index in [1.165, 1.54) is 49.9 Å². The van der Waals surface area contributed by atoms with Crippen LogP contribution in [0.5, 0.6) is 5.75 Å². The van der Waals surface area contributed by atoms with Crippen LogP contribution in [0.1, 0.15) is 121 Å². The van der Waals surface area contributed by atoms with Crippen molar-refractivity contribution >= 4 is 20.4 Å². The molecule has 2 aliphatic carbocycles. The Morgan fingerprint density at radius 2 is 1.59 bits per heavy atom. The molecule has 6 rings (SSSR count). The van der Waals surface area contributed by atoms with Crippen molar-refractivity contribution in [1.82, 2.24) is 9.80 Å².